The maximum Gasteiger partial charge on any atom is 0.304 e. The third-order valence-corrected chi connectivity index (χ3v) is 5.12. The van der Waals surface area contributed by atoms with Gasteiger partial charge in [0, 0.05) is 35.2 Å². The fourth-order valence-corrected chi connectivity index (χ4v) is 3.43. The minimum absolute atomic E-state index is 0.139. The van der Waals surface area contributed by atoms with Crippen LogP contribution in [-0.4, -0.2) is 29.0 Å². The number of amidine groups is 1. The second-order valence-electron chi connectivity index (χ2n) is 7.25. The van der Waals surface area contributed by atoms with Crippen molar-refractivity contribution in [1.82, 2.24) is 4.98 Å². The highest BCUT2D eigenvalue weighted by atomic mass is 35.5. The first kappa shape index (κ1) is 20.5. The summed E-state index contributed by atoms with van der Waals surface area (Å²) in [5.74, 6) is -6.02. The molecule has 9 heteroatoms. The van der Waals surface area contributed by atoms with E-state index in [4.69, 9.17) is 22.1 Å². The Kier molecular flexibility index (Phi) is 4.92. The number of aliphatic imine (C=N–C) groups is 1. The molecule has 0 radical (unpaired) electrons. The highest BCUT2D eigenvalue weighted by molar-refractivity contribution is 6.30. The smallest absolute Gasteiger partial charge is 0.304 e. The highest BCUT2D eigenvalue weighted by Crippen LogP contribution is 2.51. The second kappa shape index (κ2) is 6.70. The van der Waals surface area contributed by atoms with E-state index in [1.807, 2.05) is 0 Å². The van der Waals surface area contributed by atoms with Crippen molar-refractivity contribution in [2.24, 2.45) is 10.7 Å². The fraction of sp³-hybridized carbons (Fsp3) is 0.368. The Morgan fingerprint density at radius 3 is 2.39 bits per heavy atom. The van der Waals surface area contributed by atoms with Crippen LogP contribution in [0.1, 0.15) is 26.3 Å². The van der Waals surface area contributed by atoms with Gasteiger partial charge in [0.25, 0.3) is 0 Å². The van der Waals surface area contributed by atoms with Crippen LogP contribution in [0.5, 0.6) is 0 Å². The van der Waals surface area contributed by atoms with E-state index in [1.165, 1.54) is 32.3 Å². The number of ether oxygens (including phenoxy) is 1. The number of aromatic nitrogens is 1. The molecule has 0 amide bonds. The molecule has 0 bridgehead atoms. The molecule has 0 unspecified atom stereocenters. The predicted molar refractivity (Wildman–Crippen MR) is 98.6 cm³/mol. The number of hydrogen-bond donors (Lipinski definition) is 1. The van der Waals surface area contributed by atoms with Gasteiger partial charge in [-0.2, -0.15) is 0 Å². The Labute approximate surface area is 164 Å². The van der Waals surface area contributed by atoms with Crippen LogP contribution in [0.15, 0.2) is 35.6 Å². The molecule has 2 aromatic rings. The topological polar surface area (TPSA) is 60.5 Å². The summed E-state index contributed by atoms with van der Waals surface area (Å²) < 4.78 is 65.3. The summed E-state index contributed by atoms with van der Waals surface area (Å²) in [6, 6.07) is 2.92. The number of benzene rings is 1. The number of hydrogen-bond acceptors (Lipinski definition) is 4. The third kappa shape index (κ3) is 3.14. The monoisotopic (exact) mass is 415 g/mol. The molecule has 0 aliphatic carbocycles. The highest BCUT2D eigenvalue weighted by Gasteiger charge is 2.64. The molecule has 150 valence electrons. The van der Waals surface area contributed by atoms with Gasteiger partial charge in [-0.15, -0.1) is 0 Å². The molecule has 1 aliphatic rings. The van der Waals surface area contributed by atoms with Gasteiger partial charge in [0.05, 0.1) is 5.02 Å². The molecule has 28 heavy (non-hydrogen) atoms. The molecule has 0 saturated heterocycles. The Balaban J connectivity index is 2.29. The Hall–Kier alpha value is -2.19. The Morgan fingerprint density at radius 2 is 1.75 bits per heavy atom. The molecule has 1 aromatic carbocycles. The second-order valence-corrected chi connectivity index (χ2v) is 7.69. The first-order valence-corrected chi connectivity index (χ1v) is 8.73. The van der Waals surface area contributed by atoms with E-state index >= 15 is 8.78 Å². The van der Waals surface area contributed by atoms with Crippen molar-refractivity contribution >= 4 is 17.4 Å². The van der Waals surface area contributed by atoms with Gasteiger partial charge in [-0.1, -0.05) is 11.6 Å². The van der Waals surface area contributed by atoms with Crippen molar-refractivity contribution < 1.29 is 22.3 Å². The van der Waals surface area contributed by atoms with Crippen molar-refractivity contribution in [1.29, 1.82) is 0 Å². The van der Waals surface area contributed by atoms with Gasteiger partial charge in [-0.25, -0.2) is 17.6 Å². The number of nitrogens with zero attached hydrogens (tertiary/aromatic N) is 2. The quantitative estimate of drug-likeness (QED) is 0.723. The zero-order valence-corrected chi connectivity index (χ0v) is 16.1. The van der Waals surface area contributed by atoms with E-state index < -0.39 is 34.3 Å². The van der Waals surface area contributed by atoms with E-state index in [-0.39, 0.29) is 28.6 Å². The summed E-state index contributed by atoms with van der Waals surface area (Å²) in [4.78, 5) is 7.74. The lowest BCUT2D eigenvalue weighted by molar-refractivity contribution is -0.214. The molecule has 0 fully saturated rings. The van der Waals surface area contributed by atoms with Gasteiger partial charge in [-0.05, 0) is 32.9 Å². The van der Waals surface area contributed by atoms with Gasteiger partial charge < -0.3 is 10.5 Å². The number of halogens is 5. The van der Waals surface area contributed by atoms with Gasteiger partial charge in [-0.3, -0.25) is 9.98 Å². The summed E-state index contributed by atoms with van der Waals surface area (Å²) >= 11 is 5.88. The van der Waals surface area contributed by atoms with Crippen LogP contribution < -0.4 is 5.73 Å². The van der Waals surface area contributed by atoms with Crippen LogP contribution in [0.4, 0.5) is 17.6 Å². The summed E-state index contributed by atoms with van der Waals surface area (Å²) in [7, 11) is 0. The molecule has 3 rings (SSSR count). The number of pyridine rings is 1. The van der Waals surface area contributed by atoms with Crippen LogP contribution in [0.3, 0.4) is 0 Å². The predicted octanol–water partition coefficient (Wildman–Crippen LogP) is 4.70. The summed E-state index contributed by atoms with van der Waals surface area (Å²) in [5.41, 5.74) is 0.814. The standard InChI is InChI=1S/C19H18ClF4N3O/c1-17(2)19(23,24)18(3,27-16(25)9-28-17)13-5-12(14(21)6-15(13)22)10-4-11(20)8-26-7-10/h4-8H,9H2,1-3H3,(H2,25,27)/t18-/m1/s1. The largest absolute Gasteiger partial charge is 0.385 e. The molecule has 2 N–H and O–H groups in total. The fourth-order valence-electron chi connectivity index (χ4n) is 3.25. The molecular weight excluding hydrogens is 398 g/mol. The SMILES string of the molecule is CC1(C)OCC(N)=N[C@](C)(c2cc(-c3cncc(Cl)c3)c(F)cc2F)C1(F)F. The molecule has 1 aromatic heterocycles. The maximum absolute atomic E-state index is 15.4. The van der Waals surface area contributed by atoms with Crippen molar-refractivity contribution in [3.05, 3.63) is 52.8 Å². The molecule has 2 heterocycles. The van der Waals surface area contributed by atoms with Crippen molar-refractivity contribution in [3.8, 4) is 11.1 Å². The summed E-state index contributed by atoms with van der Waals surface area (Å²) in [6.07, 6.45) is 2.63. The summed E-state index contributed by atoms with van der Waals surface area (Å²) in [6.45, 7) is 3.05. The molecule has 0 spiro atoms. The minimum Gasteiger partial charge on any atom is -0.385 e. The van der Waals surface area contributed by atoms with E-state index in [2.05, 4.69) is 9.98 Å². The van der Waals surface area contributed by atoms with Gasteiger partial charge in [0.1, 0.15) is 29.7 Å². The van der Waals surface area contributed by atoms with Crippen molar-refractivity contribution in [2.75, 3.05) is 6.61 Å². The van der Waals surface area contributed by atoms with Crippen LogP contribution in [0.2, 0.25) is 5.02 Å². The van der Waals surface area contributed by atoms with Crippen LogP contribution in [0.25, 0.3) is 11.1 Å². The lowest BCUT2D eigenvalue weighted by Gasteiger charge is -2.42. The zero-order chi connectivity index (χ0) is 20.9. The Morgan fingerprint density at radius 1 is 1.07 bits per heavy atom. The lowest BCUT2D eigenvalue weighted by atomic mass is 9.77. The van der Waals surface area contributed by atoms with E-state index in [9.17, 15) is 8.78 Å². The minimum atomic E-state index is -3.68. The zero-order valence-electron chi connectivity index (χ0n) is 15.4. The number of alkyl halides is 2. The van der Waals surface area contributed by atoms with Crippen LogP contribution in [-0.2, 0) is 10.3 Å². The van der Waals surface area contributed by atoms with Crippen molar-refractivity contribution in [2.45, 2.75) is 37.8 Å². The Bertz CT molecular complexity index is 964. The summed E-state index contributed by atoms with van der Waals surface area (Å²) in [5, 5.41) is 0.214. The normalized spacial score (nSPS) is 23.8. The molecule has 0 saturated carbocycles. The average Bonchev–Trinajstić information content (AvgIpc) is 2.64. The van der Waals surface area contributed by atoms with E-state index in [1.54, 1.807) is 0 Å². The van der Waals surface area contributed by atoms with Crippen LogP contribution >= 0.6 is 11.6 Å². The number of rotatable bonds is 2. The molecular formula is C19H18ClF4N3O. The van der Waals surface area contributed by atoms with E-state index in [0.717, 1.165) is 13.0 Å². The lowest BCUT2D eigenvalue weighted by Crippen LogP contribution is -2.56. The van der Waals surface area contributed by atoms with Gasteiger partial charge >= 0.3 is 5.92 Å². The van der Waals surface area contributed by atoms with Gasteiger partial charge in [0.2, 0.25) is 0 Å². The molecule has 1 atom stereocenters. The third-order valence-electron chi connectivity index (χ3n) is 4.91. The first-order valence-electron chi connectivity index (χ1n) is 8.35. The number of nitrogens with two attached hydrogens (primary N) is 1. The van der Waals surface area contributed by atoms with Gasteiger partial charge in [0.15, 0.2) is 5.54 Å². The molecule has 1 aliphatic heterocycles. The molecule has 4 nitrogen and oxygen atoms in total. The maximum atomic E-state index is 15.4. The van der Waals surface area contributed by atoms with Crippen molar-refractivity contribution in [3.63, 3.8) is 0 Å². The average molecular weight is 416 g/mol. The van der Waals surface area contributed by atoms with E-state index in [0.29, 0.717) is 6.07 Å². The van der Waals surface area contributed by atoms with Crippen LogP contribution in [0, 0.1) is 11.6 Å². The first-order chi connectivity index (χ1) is 12.9.